The fraction of sp³-hybridized carbons (Fsp3) is 0.571. The Hall–Kier alpha value is -0.870. The molecule has 0 aromatic heterocycles. The average molecular weight is 267 g/mol. The van der Waals surface area contributed by atoms with Crippen LogP contribution in [0.5, 0.6) is 11.5 Å². The lowest BCUT2D eigenvalue weighted by Gasteiger charge is -2.20. The van der Waals surface area contributed by atoms with Crippen molar-refractivity contribution < 1.29 is 10.2 Å². The molecule has 1 aromatic carbocycles. The number of hydrogen-bond acceptors (Lipinski definition) is 4. The number of benzene rings is 1. The fourth-order valence-corrected chi connectivity index (χ4v) is 3.43. The van der Waals surface area contributed by atoms with Crippen LogP contribution in [0.1, 0.15) is 37.8 Å². The van der Waals surface area contributed by atoms with E-state index in [1.807, 2.05) is 18.7 Å². The third kappa shape index (κ3) is 3.12. The maximum Gasteiger partial charge on any atom is 0.120 e. The van der Waals surface area contributed by atoms with Crippen LogP contribution >= 0.6 is 11.8 Å². The molecule has 18 heavy (non-hydrogen) atoms. The highest BCUT2D eigenvalue weighted by Crippen LogP contribution is 2.32. The van der Waals surface area contributed by atoms with E-state index in [1.54, 1.807) is 12.1 Å². The van der Waals surface area contributed by atoms with Gasteiger partial charge in [-0.15, -0.1) is 0 Å². The second-order valence-electron chi connectivity index (χ2n) is 5.00. The second-order valence-corrected chi connectivity index (χ2v) is 6.14. The summed E-state index contributed by atoms with van der Waals surface area (Å²) in [5.74, 6) is 0.442. The van der Waals surface area contributed by atoms with E-state index in [2.05, 4.69) is 11.6 Å². The van der Waals surface area contributed by atoms with Gasteiger partial charge in [-0.25, -0.2) is 0 Å². The lowest BCUT2D eigenvalue weighted by Crippen LogP contribution is -2.29. The predicted octanol–water partition coefficient (Wildman–Crippen LogP) is 3.03. The molecule has 1 aliphatic rings. The summed E-state index contributed by atoms with van der Waals surface area (Å²) < 4.78 is 0. The van der Waals surface area contributed by atoms with Crippen molar-refractivity contribution in [2.75, 3.05) is 6.26 Å². The molecule has 100 valence electrons. The highest BCUT2D eigenvalue weighted by atomic mass is 32.2. The van der Waals surface area contributed by atoms with Gasteiger partial charge in [0.25, 0.3) is 0 Å². The van der Waals surface area contributed by atoms with Crippen LogP contribution in [-0.2, 0) is 0 Å². The lowest BCUT2D eigenvalue weighted by molar-refractivity contribution is 0.420. The predicted molar refractivity (Wildman–Crippen MR) is 76.3 cm³/mol. The Morgan fingerprint density at radius 1 is 1.33 bits per heavy atom. The van der Waals surface area contributed by atoms with Crippen LogP contribution in [0.25, 0.3) is 0 Å². The summed E-state index contributed by atoms with van der Waals surface area (Å²) in [6.07, 6.45) is 5.80. The molecule has 1 aliphatic carbocycles. The molecule has 3 N–H and O–H groups in total. The highest BCUT2D eigenvalue weighted by molar-refractivity contribution is 7.99. The number of aromatic hydroxyl groups is 2. The van der Waals surface area contributed by atoms with Crippen molar-refractivity contribution in [2.24, 2.45) is 0 Å². The first-order valence-corrected chi connectivity index (χ1v) is 7.69. The van der Waals surface area contributed by atoms with Crippen LogP contribution in [-0.4, -0.2) is 27.8 Å². The molecule has 0 spiro atoms. The quantitative estimate of drug-likeness (QED) is 0.734. The van der Waals surface area contributed by atoms with Gasteiger partial charge in [0.15, 0.2) is 0 Å². The van der Waals surface area contributed by atoms with E-state index in [4.69, 9.17) is 0 Å². The first-order valence-electron chi connectivity index (χ1n) is 6.41. The van der Waals surface area contributed by atoms with Crippen molar-refractivity contribution in [1.29, 1.82) is 0 Å². The fourth-order valence-electron chi connectivity index (χ4n) is 2.64. The molecule has 0 saturated heterocycles. The molecule has 3 atom stereocenters. The van der Waals surface area contributed by atoms with E-state index in [0.717, 1.165) is 10.8 Å². The van der Waals surface area contributed by atoms with Crippen molar-refractivity contribution in [2.45, 2.75) is 43.5 Å². The summed E-state index contributed by atoms with van der Waals surface area (Å²) in [6.45, 7) is 2.03. The molecular weight excluding hydrogens is 246 g/mol. The number of phenols is 2. The van der Waals surface area contributed by atoms with E-state index < -0.39 is 0 Å². The third-order valence-corrected chi connectivity index (χ3v) is 4.78. The number of rotatable bonds is 4. The van der Waals surface area contributed by atoms with Gasteiger partial charge in [-0.3, -0.25) is 0 Å². The molecule has 0 bridgehead atoms. The Kier molecular flexibility index (Phi) is 4.40. The van der Waals surface area contributed by atoms with Crippen LogP contribution in [0, 0.1) is 0 Å². The summed E-state index contributed by atoms with van der Waals surface area (Å²) in [4.78, 5) is 0. The van der Waals surface area contributed by atoms with Crippen LogP contribution in [0.3, 0.4) is 0 Å². The molecule has 0 radical (unpaired) electrons. The van der Waals surface area contributed by atoms with Crippen LogP contribution in [0.2, 0.25) is 0 Å². The molecule has 2 rings (SSSR count). The van der Waals surface area contributed by atoms with E-state index in [9.17, 15) is 10.2 Å². The van der Waals surface area contributed by atoms with Crippen molar-refractivity contribution in [3.05, 3.63) is 23.8 Å². The van der Waals surface area contributed by atoms with E-state index >= 15 is 0 Å². The van der Waals surface area contributed by atoms with Gasteiger partial charge >= 0.3 is 0 Å². The number of phenolic OH excluding ortho intramolecular Hbond substituents is 2. The zero-order valence-corrected chi connectivity index (χ0v) is 11.7. The minimum atomic E-state index is 0.0581. The van der Waals surface area contributed by atoms with Crippen molar-refractivity contribution in [1.82, 2.24) is 5.32 Å². The smallest absolute Gasteiger partial charge is 0.120 e. The molecule has 3 unspecified atom stereocenters. The summed E-state index contributed by atoms with van der Waals surface area (Å²) in [7, 11) is 0. The van der Waals surface area contributed by atoms with Gasteiger partial charge in [0, 0.05) is 22.9 Å². The normalized spacial score (nSPS) is 25.2. The van der Waals surface area contributed by atoms with Crippen LogP contribution in [0.15, 0.2) is 18.2 Å². The lowest BCUT2D eigenvalue weighted by atomic mass is 10.1. The number of hydrogen-bond donors (Lipinski definition) is 3. The van der Waals surface area contributed by atoms with Gasteiger partial charge in [0.05, 0.1) is 0 Å². The van der Waals surface area contributed by atoms with Crippen molar-refractivity contribution >= 4 is 11.8 Å². The summed E-state index contributed by atoms with van der Waals surface area (Å²) in [6, 6.07) is 5.25. The minimum Gasteiger partial charge on any atom is -0.508 e. The molecule has 0 amide bonds. The van der Waals surface area contributed by atoms with E-state index in [-0.39, 0.29) is 17.5 Å². The molecule has 0 heterocycles. The monoisotopic (exact) mass is 267 g/mol. The number of nitrogens with one attached hydrogen (secondary N) is 1. The van der Waals surface area contributed by atoms with E-state index in [1.165, 1.54) is 25.3 Å². The van der Waals surface area contributed by atoms with Gasteiger partial charge in [-0.2, -0.15) is 11.8 Å². The van der Waals surface area contributed by atoms with Crippen LogP contribution in [0.4, 0.5) is 0 Å². The maximum absolute atomic E-state index is 9.82. The Morgan fingerprint density at radius 3 is 2.78 bits per heavy atom. The molecular formula is C14H21NO2S. The number of thioether (sulfide) groups is 1. The van der Waals surface area contributed by atoms with Gasteiger partial charge in [-0.05, 0) is 50.6 Å². The molecule has 1 saturated carbocycles. The van der Waals surface area contributed by atoms with Gasteiger partial charge in [-0.1, -0.05) is 0 Å². The van der Waals surface area contributed by atoms with Gasteiger partial charge in [0.2, 0.25) is 0 Å². The second kappa shape index (κ2) is 5.85. The third-order valence-electron chi connectivity index (χ3n) is 3.68. The van der Waals surface area contributed by atoms with Gasteiger partial charge in [0.1, 0.15) is 11.5 Å². The molecule has 3 nitrogen and oxygen atoms in total. The summed E-state index contributed by atoms with van der Waals surface area (Å²) in [5, 5.41) is 23.6. The van der Waals surface area contributed by atoms with Gasteiger partial charge < -0.3 is 15.5 Å². The molecule has 4 heteroatoms. The molecule has 1 aromatic rings. The topological polar surface area (TPSA) is 52.5 Å². The van der Waals surface area contributed by atoms with Crippen molar-refractivity contribution in [3.8, 4) is 11.5 Å². The van der Waals surface area contributed by atoms with Crippen molar-refractivity contribution in [3.63, 3.8) is 0 Å². The summed E-state index contributed by atoms with van der Waals surface area (Å²) >= 11 is 1.94. The van der Waals surface area contributed by atoms with E-state index in [0.29, 0.717) is 6.04 Å². The summed E-state index contributed by atoms with van der Waals surface area (Å²) in [5.41, 5.74) is 0.766. The Labute approximate surface area is 113 Å². The van der Waals surface area contributed by atoms with Crippen LogP contribution < -0.4 is 5.32 Å². The first-order chi connectivity index (χ1) is 8.60. The average Bonchev–Trinajstić information content (AvgIpc) is 2.80. The minimum absolute atomic E-state index is 0.0581. The Balaban J connectivity index is 1.99. The zero-order valence-electron chi connectivity index (χ0n) is 10.9. The Morgan fingerprint density at radius 2 is 2.11 bits per heavy atom. The SMILES string of the molecule is CSC1CCC(NC(C)c2cc(O)ccc2O)C1. The highest BCUT2D eigenvalue weighted by Gasteiger charge is 2.25. The largest absolute Gasteiger partial charge is 0.508 e. The zero-order chi connectivity index (χ0) is 13.1. The standard InChI is InChI=1S/C14H21NO2S/c1-9(13-8-11(16)4-6-14(13)17)15-10-3-5-12(7-10)18-2/h4,6,8-10,12,15-17H,3,5,7H2,1-2H3. The first kappa shape index (κ1) is 13.6. The molecule has 1 fully saturated rings. The molecule has 0 aliphatic heterocycles. The Bertz CT molecular complexity index is 411. The maximum atomic E-state index is 9.82.